The van der Waals surface area contributed by atoms with Crippen molar-refractivity contribution >= 4 is 8.56 Å². The van der Waals surface area contributed by atoms with Crippen LogP contribution in [0.3, 0.4) is 0 Å². The van der Waals surface area contributed by atoms with Gasteiger partial charge in [0, 0.05) is 13.2 Å². The second-order valence-corrected chi connectivity index (χ2v) is 8.60. The summed E-state index contributed by atoms with van der Waals surface area (Å²) in [5.41, 5.74) is 0. The quantitative estimate of drug-likeness (QED) is 0.368. The summed E-state index contributed by atoms with van der Waals surface area (Å²) in [5.74, 6) is 0. The fourth-order valence-corrected chi connectivity index (χ4v) is 3.09. The van der Waals surface area contributed by atoms with E-state index in [1.165, 1.54) is 51.4 Å². The Labute approximate surface area is 109 Å². The molecule has 0 aromatic carbocycles. The Morgan fingerprint density at radius 1 is 0.647 bits per heavy atom. The number of rotatable bonds is 12. The van der Waals surface area contributed by atoms with Crippen molar-refractivity contribution in [2.24, 2.45) is 0 Å². The Morgan fingerprint density at radius 3 is 1.59 bits per heavy atom. The lowest BCUT2D eigenvalue weighted by Gasteiger charge is -2.22. The van der Waals surface area contributed by atoms with Gasteiger partial charge in [0.05, 0.1) is 0 Å². The maximum absolute atomic E-state index is 5.91. The lowest BCUT2D eigenvalue weighted by atomic mass is 10.2. The second kappa shape index (κ2) is 11.2. The van der Waals surface area contributed by atoms with Gasteiger partial charge in [-0.15, -0.1) is 0 Å². The zero-order chi connectivity index (χ0) is 13.0. The summed E-state index contributed by atoms with van der Waals surface area (Å²) >= 11 is 0. The highest BCUT2D eigenvalue weighted by Crippen LogP contribution is 2.10. The van der Waals surface area contributed by atoms with E-state index in [4.69, 9.17) is 8.85 Å². The Morgan fingerprint density at radius 2 is 1.06 bits per heavy atom. The van der Waals surface area contributed by atoms with Crippen molar-refractivity contribution < 1.29 is 8.85 Å². The van der Waals surface area contributed by atoms with Crippen molar-refractivity contribution in [3.8, 4) is 0 Å². The van der Waals surface area contributed by atoms with Gasteiger partial charge in [-0.1, -0.05) is 52.4 Å². The molecule has 3 heteroatoms. The average Bonchev–Trinajstić information content (AvgIpc) is 2.29. The molecule has 104 valence electrons. The normalized spacial score (nSPS) is 12.0. The lowest BCUT2D eigenvalue weighted by molar-refractivity contribution is 0.173. The molecule has 0 saturated heterocycles. The minimum atomic E-state index is -1.82. The summed E-state index contributed by atoms with van der Waals surface area (Å²) in [6, 6.07) is 0. The van der Waals surface area contributed by atoms with Crippen LogP contribution in [0.4, 0.5) is 0 Å². The third-order valence-corrected chi connectivity index (χ3v) is 4.69. The standard InChI is InChI=1S/C14H32O2Si/c1-5-7-9-10-12-14-16-17(3,4)15-13-11-8-6-2/h5-14H2,1-4H3. The molecule has 0 aliphatic carbocycles. The molecular formula is C14H32O2Si. The van der Waals surface area contributed by atoms with Gasteiger partial charge >= 0.3 is 8.56 Å². The first-order valence-corrected chi connectivity index (χ1v) is 10.2. The minimum absolute atomic E-state index is 0.878. The largest absolute Gasteiger partial charge is 0.395 e. The predicted molar refractivity (Wildman–Crippen MR) is 77.7 cm³/mol. The van der Waals surface area contributed by atoms with E-state index in [0.29, 0.717) is 0 Å². The van der Waals surface area contributed by atoms with Crippen molar-refractivity contribution in [1.82, 2.24) is 0 Å². The van der Waals surface area contributed by atoms with Gasteiger partial charge in [-0.3, -0.25) is 0 Å². The molecule has 0 spiro atoms. The molecule has 0 aromatic rings. The van der Waals surface area contributed by atoms with E-state index in [0.717, 1.165) is 13.2 Å². The molecule has 0 N–H and O–H groups in total. The molecule has 0 unspecified atom stereocenters. The highest BCUT2D eigenvalue weighted by atomic mass is 28.4. The van der Waals surface area contributed by atoms with Gasteiger partial charge in [0.2, 0.25) is 0 Å². The van der Waals surface area contributed by atoms with Gasteiger partial charge in [-0.2, -0.15) is 0 Å². The molecule has 0 bridgehead atoms. The Kier molecular flexibility index (Phi) is 11.3. The van der Waals surface area contributed by atoms with Crippen LogP contribution in [-0.2, 0) is 8.85 Å². The Bertz CT molecular complexity index is 160. The third-order valence-electron chi connectivity index (χ3n) is 2.90. The smallest absolute Gasteiger partial charge is 0.331 e. The average molecular weight is 260 g/mol. The molecule has 17 heavy (non-hydrogen) atoms. The lowest BCUT2D eigenvalue weighted by Crippen LogP contribution is -2.35. The monoisotopic (exact) mass is 260 g/mol. The minimum Gasteiger partial charge on any atom is -0.395 e. The summed E-state index contributed by atoms with van der Waals surface area (Å²) in [4.78, 5) is 0. The van der Waals surface area contributed by atoms with Crippen LogP contribution in [0.25, 0.3) is 0 Å². The molecule has 2 nitrogen and oxygen atoms in total. The van der Waals surface area contributed by atoms with Crippen LogP contribution < -0.4 is 0 Å². The molecule has 0 aliphatic rings. The number of hydrogen-bond acceptors (Lipinski definition) is 2. The Hall–Kier alpha value is 0.137. The second-order valence-electron chi connectivity index (χ2n) is 5.22. The van der Waals surface area contributed by atoms with Crippen LogP contribution in [-0.4, -0.2) is 21.8 Å². The van der Waals surface area contributed by atoms with Crippen molar-refractivity contribution in [3.63, 3.8) is 0 Å². The van der Waals surface area contributed by atoms with Gasteiger partial charge in [0.15, 0.2) is 0 Å². The first kappa shape index (κ1) is 17.1. The van der Waals surface area contributed by atoms with Crippen molar-refractivity contribution in [2.45, 2.75) is 78.3 Å². The van der Waals surface area contributed by atoms with Gasteiger partial charge in [0.25, 0.3) is 0 Å². The first-order valence-electron chi connectivity index (χ1n) is 7.40. The molecule has 0 fully saturated rings. The molecule has 0 aromatic heterocycles. The highest BCUT2D eigenvalue weighted by molar-refractivity contribution is 6.64. The third kappa shape index (κ3) is 12.4. The van der Waals surface area contributed by atoms with E-state index in [2.05, 4.69) is 26.9 Å². The van der Waals surface area contributed by atoms with E-state index in [1.807, 2.05) is 0 Å². The summed E-state index contributed by atoms with van der Waals surface area (Å²) in [6.45, 7) is 10.5. The molecule has 0 aliphatic heterocycles. The number of hydrogen-bond donors (Lipinski definition) is 0. The summed E-state index contributed by atoms with van der Waals surface area (Å²) in [6.07, 6.45) is 10.2. The van der Waals surface area contributed by atoms with E-state index in [-0.39, 0.29) is 0 Å². The first-order chi connectivity index (χ1) is 8.12. The zero-order valence-electron chi connectivity index (χ0n) is 12.4. The predicted octanol–water partition coefficient (Wildman–Crippen LogP) is 4.88. The van der Waals surface area contributed by atoms with Crippen molar-refractivity contribution in [1.29, 1.82) is 0 Å². The molecule has 0 radical (unpaired) electrons. The van der Waals surface area contributed by atoms with Gasteiger partial charge in [-0.25, -0.2) is 0 Å². The highest BCUT2D eigenvalue weighted by Gasteiger charge is 2.23. The van der Waals surface area contributed by atoms with Crippen LogP contribution in [0.1, 0.15) is 65.2 Å². The van der Waals surface area contributed by atoms with Gasteiger partial charge in [-0.05, 0) is 25.9 Å². The van der Waals surface area contributed by atoms with Gasteiger partial charge < -0.3 is 8.85 Å². The van der Waals surface area contributed by atoms with E-state index < -0.39 is 8.56 Å². The molecule has 0 atom stereocenters. The van der Waals surface area contributed by atoms with Gasteiger partial charge in [0.1, 0.15) is 0 Å². The van der Waals surface area contributed by atoms with E-state index in [9.17, 15) is 0 Å². The molecule has 0 heterocycles. The van der Waals surface area contributed by atoms with Crippen LogP contribution in [0.2, 0.25) is 13.1 Å². The molecular weight excluding hydrogens is 228 g/mol. The molecule has 0 saturated carbocycles. The maximum Gasteiger partial charge on any atom is 0.331 e. The van der Waals surface area contributed by atoms with Crippen molar-refractivity contribution in [2.75, 3.05) is 13.2 Å². The van der Waals surface area contributed by atoms with Crippen molar-refractivity contribution in [3.05, 3.63) is 0 Å². The van der Waals surface area contributed by atoms with Crippen LogP contribution in [0.5, 0.6) is 0 Å². The van der Waals surface area contributed by atoms with Crippen LogP contribution in [0, 0.1) is 0 Å². The number of unbranched alkanes of at least 4 members (excludes halogenated alkanes) is 6. The summed E-state index contributed by atoms with van der Waals surface area (Å²) < 4.78 is 11.8. The SMILES string of the molecule is CCCCCCCO[Si](C)(C)OCCCCC. The fraction of sp³-hybridized carbons (Fsp3) is 1.00. The maximum atomic E-state index is 5.91. The van der Waals surface area contributed by atoms with Crippen LogP contribution >= 0.6 is 0 Å². The van der Waals surface area contributed by atoms with E-state index >= 15 is 0 Å². The summed E-state index contributed by atoms with van der Waals surface area (Å²) in [5, 5.41) is 0. The molecule has 0 amide bonds. The summed E-state index contributed by atoms with van der Waals surface area (Å²) in [7, 11) is -1.82. The van der Waals surface area contributed by atoms with Crippen LogP contribution in [0.15, 0.2) is 0 Å². The Balaban J connectivity index is 3.37. The zero-order valence-corrected chi connectivity index (χ0v) is 13.4. The van der Waals surface area contributed by atoms with E-state index in [1.54, 1.807) is 0 Å². The molecule has 0 rings (SSSR count). The topological polar surface area (TPSA) is 18.5 Å². The fourth-order valence-electron chi connectivity index (χ4n) is 1.74.